The first-order chi connectivity index (χ1) is 9.86. The summed E-state index contributed by atoms with van der Waals surface area (Å²) in [6, 6.07) is 3.70. The lowest BCUT2D eigenvalue weighted by molar-refractivity contribution is -0.150. The Morgan fingerprint density at radius 3 is 2.60 bits per heavy atom. The van der Waals surface area contributed by atoms with Gasteiger partial charge in [0.05, 0.1) is 6.26 Å². The van der Waals surface area contributed by atoms with Crippen LogP contribution in [0, 0.1) is 0 Å². The van der Waals surface area contributed by atoms with E-state index in [0.29, 0.717) is 12.8 Å². The number of rotatable bonds is 1. The molecule has 0 amide bonds. The highest BCUT2D eigenvalue weighted by Crippen LogP contribution is 2.24. The van der Waals surface area contributed by atoms with Gasteiger partial charge in [-0.25, -0.2) is 0 Å². The third-order valence-corrected chi connectivity index (χ3v) is 3.65. The van der Waals surface area contributed by atoms with Crippen molar-refractivity contribution in [3.8, 4) is 0 Å². The van der Waals surface area contributed by atoms with E-state index in [1.807, 2.05) is 12.1 Å². The van der Waals surface area contributed by atoms with Crippen LogP contribution >= 0.6 is 0 Å². The predicted octanol–water partition coefficient (Wildman–Crippen LogP) is 4.94. The Morgan fingerprint density at radius 1 is 1.00 bits per heavy atom. The summed E-state index contributed by atoms with van der Waals surface area (Å²) < 4.78 is 10.9. The molecule has 0 aromatic carbocycles. The maximum atomic E-state index is 11.9. The van der Waals surface area contributed by atoms with Crippen molar-refractivity contribution in [2.24, 2.45) is 0 Å². The molecular formula is C17H24O3. The third kappa shape index (κ3) is 5.24. The number of carbonyl (C=O) groups is 1. The van der Waals surface area contributed by atoms with Crippen molar-refractivity contribution >= 4 is 5.97 Å². The first-order valence-corrected chi connectivity index (χ1v) is 7.74. The second kappa shape index (κ2) is 8.62. The summed E-state index contributed by atoms with van der Waals surface area (Å²) >= 11 is 0. The fourth-order valence-corrected chi connectivity index (χ4v) is 2.49. The van der Waals surface area contributed by atoms with Crippen LogP contribution in [0.15, 0.2) is 35.0 Å². The van der Waals surface area contributed by atoms with Crippen LogP contribution in [0.2, 0.25) is 0 Å². The molecular weight excluding hydrogens is 252 g/mol. The highest BCUT2D eigenvalue weighted by molar-refractivity contribution is 5.69. The van der Waals surface area contributed by atoms with Gasteiger partial charge >= 0.3 is 5.97 Å². The number of cyclic esters (lactones) is 1. The molecule has 3 heteroatoms. The topological polar surface area (TPSA) is 39.4 Å². The average Bonchev–Trinajstić information content (AvgIpc) is 2.97. The molecule has 0 spiro atoms. The van der Waals surface area contributed by atoms with E-state index < -0.39 is 0 Å². The van der Waals surface area contributed by atoms with Crippen LogP contribution in [0.3, 0.4) is 0 Å². The molecule has 0 bridgehead atoms. The van der Waals surface area contributed by atoms with E-state index in [-0.39, 0.29) is 12.1 Å². The smallest absolute Gasteiger partial charge is 0.306 e. The average molecular weight is 276 g/mol. The van der Waals surface area contributed by atoms with Crippen LogP contribution in [-0.4, -0.2) is 5.97 Å². The van der Waals surface area contributed by atoms with Crippen LogP contribution in [0.1, 0.15) is 69.7 Å². The molecule has 110 valence electrons. The van der Waals surface area contributed by atoms with Crippen LogP contribution in [0.4, 0.5) is 0 Å². The van der Waals surface area contributed by atoms with Gasteiger partial charge in [0.2, 0.25) is 0 Å². The fourth-order valence-electron chi connectivity index (χ4n) is 2.49. The van der Waals surface area contributed by atoms with Crippen LogP contribution in [0.5, 0.6) is 0 Å². The Morgan fingerprint density at radius 2 is 1.80 bits per heavy atom. The highest BCUT2D eigenvalue weighted by Gasteiger charge is 2.17. The minimum absolute atomic E-state index is 0.114. The molecule has 0 aliphatic carbocycles. The van der Waals surface area contributed by atoms with Crippen LogP contribution in [-0.2, 0) is 9.53 Å². The number of hydrogen-bond acceptors (Lipinski definition) is 3. The Labute approximate surface area is 121 Å². The summed E-state index contributed by atoms with van der Waals surface area (Å²) in [6.45, 7) is 0. The highest BCUT2D eigenvalue weighted by atomic mass is 16.6. The van der Waals surface area contributed by atoms with Gasteiger partial charge in [-0.1, -0.05) is 37.8 Å². The summed E-state index contributed by atoms with van der Waals surface area (Å²) in [5.41, 5.74) is 0. The van der Waals surface area contributed by atoms with Crippen LogP contribution < -0.4 is 0 Å². The van der Waals surface area contributed by atoms with E-state index in [4.69, 9.17) is 9.15 Å². The van der Waals surface area contributed by atoms with Crippen molar-refractivity contribution in [2.75, 3.05) is 0 Å². The molecule has 2 rings (SSSR count). The molecule has 1 aliphatic heterocycles. The lowest BCUT2D eigenvalue weighted by atomic mass is 10.1. The van der Waals surface area contributed by atoms with Crippen molar-refractivity contribution < 1.29 is 13.9 Å². The minimum Gasteiger partial charge on any atom is -0.465 e. The van der Waals surface area contributed by atoms with Gasteiger partial charge in [0.25, 0.3) is 0 Å². The van der Waals surface area contributed by atoms with Crippen molar-refractivity contribution in [1.29, 1.82) is 0 Å². The quantitative estimate of drug-likeness (QED) is 0.538. The molecule has 1 aromatic rings. The molecule has 2 heterocycles. The minimum atomic E-state index is -0.281. The molecule has 0 fully saturated rings. The zero-order valence-corrected chi connectivity index (χ0v) is 12.1. The standard InChI is InChI=1S/C17H24O3/c18-17-13-9-7-5-3-1-2-4-6-8-11-16(20-17)15-12-10-14-19-15/h6,8,10,12,14,16H,1-5,7,9,11,13H2/b8-6+. The van der Waals surface area contributed by atoms with E-state index in [0.717, 1.165) is 25.0 Å². The van der Waals surface area contributed by atoms with Gasteiger partial charge in [0.1, 0.15) is 5.76 Å². The fraction of sp³-hybridized carbons (Fsp3) is 0.588. The van der Waals surface area contributed by atoms with Crippen molar-refractivity contribution in [1.82, 2.24) is 0 Å². The molecule has 0 saturated carbocycles. The molecule has 1 aromatic heterocycles. The largest absolute Gasteiger partial charge is 0.465 e. The number of hydrogen-bond donors (Lipinski definition) is 0. The Hall–Kier alpha value is -1.51. The number of allylic oxidation sites excluding steroid dienone is 1. The first-order valence-electron chi connectivity index (χ1n) is 7.74. The molecule has 1 aliphatic rings. The summed E-state index contributed by atoms with van der Waals surface area (Å²) in [5.74, 6) is 0.618. The zero-order valence-electron chi connectivity index (χ0n) is 12.1. The van der Waals surface area contributed by atoms with E-state index in [1.54, 1.807) is 6.26 Å². The third-order valence-electron chi connectivity index (χ3n) is 3.65. The zero-order chi connectivity index (χ0) is 14.0. The van der Waals surface area contributed by atoms with Gasteiger partial charge in [0, 0.05) is 12.8 Å². The second-order valence-corrected chi connectivity index (χ2v) is 5.36. The van der Waals surface area contributed by atoms with E-state index in [1.165, 1.54) is 25.7 Å². The lowest BCUT2D eigenvalue weighted by Crippen LogP contribution is -2.10. The van der Waals surface area contributed by atoms with Crippen molar-refractivity contribution in [3.63, 3.8) is 0 Å². The Kier molecular flexibility index (Phi) is 6.42. The van der Waals surface area contributed by atoms with Gasteiger partial charge in [-0.3, -0.25) is 4.79 Å². The predicted molar refractivity (Wildman–Crippen MR) is 78.2 cm³/mol. The number of esters is 1. The van der Waals surface area contributed by atoms with Gasteiger partial charge in [0.15, 0.2) is 6.10 Å². The van der Waals surface area contributed by atoms with Gasteiger partial charge in [-0.15, -0.1) is 0 Å². The Bertz CT molecular complexity index is 406. The molecule has 1 unspecified atom stereocenters. The summed E-state index contributed by atoms with van der Waals surface area (Å²) in [5, 5.41) is 0. The number of furan rings is 1. The number of ether oxygens (including phenoxy) is 1. The lowest BCUT2D eigenvalue weighted by Gasteiger charge is -2.14. The summed E-state index contributed by atoms with van der Waals surface area (Å²) in [7, 11) is 0. The van der Waals surface area contributed by atoms with E-state index in [2.05, 4.69) is 12.2 Å². The summed E-state index contributed by atoms with van der Waals surface area (Å²) in [4.78, 5) is 11.9. The SMILES string of the molecule is O=C1CCCCCCCC/C=C/CC(c2ccco2)O1. The maximum Gasteiger partial charge on any atom is 0.306 e. The van der Waals surface area contributed by atoms with Crippen molar-refractivity contribution in [2.45, 2.75) is 63.9 Å². The molecule has 0 N–H and O–H groups in total. The number of carbonyl (C=O) groups excluding carboxylic acids is 1. The molecule has 20 heavy (non-hydrogen) atoms. The normalized spacial score (nSPS) is 24.6. The van der Waals surface area contributed by atoms with Gasteiger partial charge < -0.3 is 9.15 Å². The Balaban J connectivity index is 1.96. The second-order valence-electron chi connectivity index (χ2n) is 5.36. The molecule has 0 radical (unpaired) electrons. The van der Waals surface area contributed by atoms with Crippen molar-refractivity contribution in [3.05, 3.63) is 36.3 Å². The van der Waals surface area contributed by atoms with Gasteiger partial charge in [-0.2, -0.15) is 0 Å². The van der Waals surface area contributed by atoms with Gasteiger partial charge in [-0.05, 0) is 31.4 Å². The first kappa shape index (κ1) is 14.9. The maximum absolute atomic E-state index is 11.9. The van der Waals surface area contributed by atoms with E-state index >= 15 is 0 Å². The molecule has 1 atom stereocenters. The molecule has 3 nitrogen and oxygen atoms in total. The summed E-state index contributed by atoms with van der Waals surface area (Å²) in [6.07, 6.45) is 15.0. The monoisotopic (exact) mass is 276 g/mol. The van der Waals surface area contributed by atoms with Crippen LogP contribution in [0.25, 0.3) is 0 Å². The molecule has 0 saturated heterocycles. The van der Waals surface area contributed by atoms with E-state index in [9.17, 15) is 4.79 Å².